The van der Waals surface area contributed by atoms with Gasteiger partial charge in [-0.25, -0.2) is 0 Å². The maximum Gasteiger partial charge on any atom is 0.306 e. The van der Waals surface area contributed by atoms with Gasteiger partial charge in [0.1, 0.15) is 6.61 Å². The van der Waals surface area contributed by atoms with E-state index >= 15 is 0 Å². The van der Waals surface area contributed by atoms with Gasteiger partial charge < -0.3 is 14.2 Å². The number of unbranched alkanes of at least 4 members (excludes halogenated alkanes) is 36. The summed E-state index contributed by atoms with van der Waals surface area (Å²) in [6.45, 7) is 7.72. The van der Waals surface area contributed by atoms with Crippen LogP contribution in [0.4, 0.5) is 0 Å². The van der Waals surface area contributed by atoms with E-state index in [1.807, 2.05) is 0 Å². The molecule has 5 heteroatoms. The van der Waals surface area contributed by atoms with Crippen molar-refractivity contribution in [3.63, 3.8) is 0 Å². The van der Waals surface area contributed by atoms with Gasteiger partial charge in [0.2, 0.25) is 0 Å². The van der Waals surface area contributed by atoms with Crippen molar-refractivity contribution in [2.75, 3.05) is 19.8 Å². The smallest absolute Gasteiger partial charge is 0.306 e. The summed E-state index contributed by atoms with van der Waals surface area (Å²) in [5.74, 6) is -0.392. The van der Waals surface area contributed by atoms with Crippen molar-refractivity contribution >= 4 is 11.9 Å². The molecule has 0 N–H and O–H groups in total. The van der Waals surface area contributed by atoms with Crippen LogP contribution in [-0.4, -0.2) is 37.9 Å². The fourth-order valence-electron chi connectivity index (χ4n) is 9.01. The van der Waals surface area contributed by atoms with E-state index in [0.717, 1.165) is 77.0 Å². The lowest BCUT2D eigenvalue weighted by atomic mass is 10.0. The quantitative estimate of drug-likeness (QED) is 0.0345. The van der Waals surface area contributed by atoms with Crippen molar-refractivity contribution in [2.24, 2.45) is 0 Å². The van der Waals surface area contributed by atoms with Crippen LogP contribution >= 0.6 is 0 Å². The van der Waals surface area contributed by atoms with Crippen molar-refractivity contribution < 1.29 is 23.8 Å². The Kier molecular flexibility index (Phi) is 58.8. The minimum Gasteiger partial charge on any atom is -0.462 e. The number of carbonyl (C=O) groups excluding carboxylic acids is 2. The van der Waals surface area contributed by atoms with Crippen LogP contribution in [0.5, 0.6) is 0 Å². The molecule has 408 valence electrons. The highest BCUT2D eigenvalue weighted by Gasteiger charge is 2.17. The fourth-order valence-corrected chi connectivity index (χ4v) is 9.01. The van der Waals surface area contributed by atoms with E-state index in [4.69, 9.17) is 14.2 Å². The van der Waals surface area contributed by atoms with Gasteiger partial charge in [0.25, 0.3) is 0 Å². The normalized spacial score (nSPS) is 12.6. The van der Waals surface area contributed by atoms with Gasteiger partial charge in [0, 0.05) is 19.4 Å². The molecule has 5 nitrogen and oxygen atoms in total. The molecule has 0 bridgehead atoms. The fraction of sp³-hybridized carbons (Fsp3) is 0.815. The van der Waals surface area contributed by atoms with E-state index in [1.54, 1.807) is 0 Å². The van der Waals surface area contributed by atoms with E-state index in [0.29, 0.717) is 19.4 Å². The van der Waals surface area contributed by atoms with Gasteiger partial charge in [-0.05, 0) is 64.2 Å². The zero-order valence-corrected chi connectivity index (χ0v) is 47.0. The molecule has 0 spiro atoms. The lowest BCUT2D eigenvalue weighted by Gasteiger charge is -2.18. The van der Waals surface area contributed by atoms with Crippen LogP contribution in [0.3, 0.4) is 0 Å². The predicted octanol–water partition coefficient (Wildman–Crippen LogP) is 21.2. The highest BCUT2D eigenvalue weighted by molar-refractivity contribution is 5.70. The maximum atomic E-state index is 12.9. The van der Waals surface area contributed by atoms with Crippen LogP contribution < -0.4 is 0 Å². The van der Waals surface area contributed by atoms with Crippen molar-refractivity contribution in [1.82, 2.24) is 0 Å². The Morgan fingerprint density at radius 3 is 1.03 bits per heavy atom. The number of hydrogen-bond donors (Lipinski definition) is 0. The molecule has 0 amide bonds. The lowest BCUT2D eigenvalue weighted by Crippen LogP contribution is -2.30. The molecule has 1 unspecified atom stereocenters. The Bertz CT molecular complexity index is 1200. The molecule has 0 aliphatic heterocycles. The second-order valence-electron chi connectivity index (χ2n) is 20.6. The minimum absolute atomic E-state index is 0.0792. The Hall–Kier alpha value is -2.40. The Morgan fingerprint density at radius 1 is 0.329 bits per heavy atom. The van der Waals surface area contributed by atoms with Gasteiger partial charge in [-0.2, -0.15) is 0 Å². The standard InChI is InChI=1S/C65H118O5/c1-4-7-10-13-16-19-22-25-28-30-32-34-36-39-42-45-48-51-54-57-60-68-61-63(70-65(67)59-56-53-50-47-44-41-37-27-24-21-18-15-12-9-6-3)62-69-64(66)58-55-52-49-46-43-40-38-35-33-31-29-26-23-20-17-14-11-8-5-2/h7,10,16,19,25,28,32,34,39,42,63H,4-6,8-9,11-15,17-18,20-24,26-27,29-31,33,35-38,40-41,43-62H2,1-3H3/b10-7-,19-16-,28-25-,34-32-,42-39-. The van der Waals surface area contributed by atoms with Crippen molar-refractivity contribution in [3.05, 3.63) is 60.8 Å². The molecule has 70 heavy (non-hydrogen) atoms. The summed E-state index contributed by atoms with van der Waals surface area (Å²) in [5.41, 5.74) is 0. The van der Waals surface area contributed by atoms with Gasteiger partial charge >= 0.3 is 11.9 Å². The third-order valence-electron chi connectivity index (χ3n) is 13.6. The number of carbonyl (C=O) groups is 2. The largest absolute Gasteiger partial charge is 0.462 e. The van der Waals surface area contributed by atoms with Gasteiger partial charge in [-0.3, -0.25) is 9.59 Å². The molecule has 0 fully saturated rings. The van der Waals surface area contributed by atoms with Crippen molar-refractivity contribution in [3.8, 4) is 0 Å². The molecule has 0 aromatic carbocycles. The first kappa shape index (κ1) is 67.6. The van der Waals surface area contributed by atoms with E-state index < -0.39 is 6.10 Å². The Morgan fingerprint density at radius 2 is 0.643 bits per heavy atom. The molecular weight excluding hydrogens is 861 g/mol. The van der Waals surface area contributed by atoms with Gasteiger partial charge in [0.05, 0.1) is 6.61 Å². The molecule has 0 saturated carbocycles. The van der Waals surface area contributed by atoms with E-state index in [9.17, 15) is 9.59 Å². The monoisotopic (exact) mass is 979 g/mol. The molecule has 1 atom stereocenters. The molecule has 0 radical (unpaired) electrons. The average Bonchev–Trinajstić information content (AvgIpc) is 3.36. The summed E-state index contributed by atoms with van der Waals surface area (Å²) in [7, 11) is 0. The SMILES string of the molecule is CC/C=C\C/C=C\C/C=C\C/C=C\C/C=C\CCCCCCOCC(COC(=O)CCCCCCCCCCCCCCCCCCCCC)OC(=O)CCCCCCCCCCCCCCCCC. The molecule has 0 aromatic heterocycles. The molecule has 0 rings (SSSR count). The zero-order valence-electron chi connectivity index (χ0n) is 47.0. The van der Waals surface area contributed by atoms with Gasteiger partial charge in [-0.15, -0.1) is 0 Å². The molecular formula is C65H118O5. The molecule has 0 aliphatic rings. The van der Waals surface area contributed by atoms with Crippen LogP contribution in [0.15, 0.2) is 60.8 Å². The second kappa shape index (κ2) is 60.9. The molecule has 0 saturated heterocycles. The van der Waals surface area contributed by atoms with Crippen LogP contribution in [0, 0.1) is 0 Å². The summed E-state index contributed by atoms with van der Waals surface area (Å²) >= 11 is 0. The Labute approximate surface area is 436 Å². The summed E-state index contributed by atoms with van der Waals surface area (Å²) < 4.78 is 17.5. The van der Waals surface area contributed by atoms with Crippen molar-refractivity contribution in [2.45, 2.75) is 322 Å². The first-order chi connectivity index (χ1) is 34.6. The number of rotatable bonds is 57. The first-order valence-electron chi connectivity index (χ1n) is 30.8. The number of allylic oxidation sites excluding steroid dienone is 10. The highest BCUT2D eigenvalue weighted by Crippen LogP contribution is 2.17. The van der Waals surface area contributed by atoms with Crippen LogP contribution in [0.2, 0.25) is 0 Å². The van der Waals surface area contributed by atoms with E-state index in [-0.39, 0.29) is 25.2 Å². The zero-order chi connectivity index (χ0) is 50.6. The van der Waals surface area contributed by atoms with Crippen LogP contribution in [-0.2, 0) is 23.8 Å². The average molecular weight is 980 g/mol. The molecule has 0 aliphatic carbocycles. The van der Waals surface area contributed by atoms with E-state index in [2.05, 4.69) is 81.5 Å². The molecule has 0 aromatic rings. The second-order valence-corrected chi connectivity index (χ2v) is 20.6. The summed E-state index contributed by atoms with van der Waals surface area (Å²) in [4.78, 5) is 25.6. The number of esters is 2. The molecule has 0 heterocycles. The van der Waals surface area contributed by atoms with Crippen LogP contribution in [0.25, 0.3) is 0 Å². The van der Waals surface area contributed by atoms with E-state index in [1.165, 1.54) is 205 Å². The number of hydrogen-bond acceptors (Lipinski definition) is 5. The maximum absolute atomic E-state index is 12.9. The third kappa shape index (κ3) is 58.2. The summed E-state index contributed by atoms with van der Waals surface area (Å²) in [6, 6.07) is 0. The van der Waals surface area contributed by atoms with Crippen molar-refractivity contribution in [1.29, 1.82) is 0 Å². The first-order valence-corrected chi connectivity index (χ1v) is 30.8. The lowest BCUT2D eigenvalue weighted by molar-refractivity contribution is -0.163. The van der Waals surface area contributed by atoms with Gasteiger partial charge in [0.15, 0.2) is 6.10 Å². The highest BCUT2D eigenvalue weighted by atomic mass is 16.6. The minimum atomic E-state index is -0.548. The summed E-state index contributed by atoms with van der Waals surface area (Å²) in [6.07, 6.45) is 78.2. The number of ether oxygens (including phenoxy) is 3. The van der Waals surface area contributed by atoms with Gasteiger partial charge in [-0.1, -0.05) is 300 Å². The summed E-state index contributed by atoms with van der Waals surface area (Å²) in [5, 5.41) is 0. The Balaban J connectivity index is 4.28. The predicted molar refractivity (Wildman–Crippen MR) is 307 cm³/mol. The third-order valence-corrected chi connectivity index (χ3v) is 13.6. The topological polar surface area (TPSA) is 61.8 Å². The van der Waals surface area contributed by atoms with Crippen LogP contribution in [0.1, 0.15) is 316 Å².